The van der Waals surface area contributed by atoms with Gasteiger partial charge in [-0.15, -0.1) is 0 Å². The molecule has 3 nitrogen and oxygen atoms in total. The molecule has 1 aromatic heterocycles. The summed E-state index contributed by atoms with van der Waals surface area (Å²) in [5.41, 5.74) is 9.18. The van der Waals surface area contributed by atoms with Crippen LogP contribution in [0.25, 0.3) is 11.1 Å². The number of nitrogens with two attached hydrogens (primary N) is 1. The topological polar surface area (TPSA) is 43.8 Å². The van der Waals surface area contributed by atoms with Gasteiger partial charge in [-0.2, -0.15) is 5.10 Å². The molecule has 0 saturated heterocycles. The number of aromatic nitrogens is 2. The van der Waals surface area contributed by atoms with E-state index in [1.54, 1.807) is 0 Å². The van der Waals surface area contributed by atoms with Crippen molar-refractivity contribution < 1.29 is 0 Å². The molecule has 0 aliphatic carbocycles. The highest BCUT2D eigenvalue weighted by Gasteiger charge is 2.03. The molecule has 0 saturated carbocycles. The summed E-state index contributed by atoms with van der Waals surface area (Å²) in [5.74, 6) is 0. The molecular formula is C13H17N3. The van der Waals surface area contributed by atoms with Crippen LogP contribution in [0.15, 0.2) is 36.7 Å². The maximum absolute atomic E-state index is 5.48. The van der Waals surface area contributed by atoms with Crippen molar-refractivity contribution in [3.8, 4) is 11.1 Å². The minimum Gasteiger partial charge on any atom is -0.330 e. The van der Waals surface area contributed by atoms with Crippen LogP contribution in [0.1, 0.15) is 12.0 Å². The van der Waals surface area contributed by atoms with Crippen molar-refractivity contribution in [1.29, 1.82) is 0 Å². The first-order valence-electron chi connectivity index (χ1n) is 5.60. The van der Waals surface area contributed by atoms with E-state index in [0.717, 1.165) is 13.0 Å². The average Bonchev–Trinajstić information content (AvgIpc) is 2.75. The summed E-state index contributed by atoms with van der Waals surface area (Å²) in [4.78, 5) is 0. The Labute approximate surface area is 95.9 Å². The molecule has 1 heterocycles. The van der Waals surface area contributed by atoms with E-state index in [2.05, 4.69) is 42.5 Å². The molecule has 0 amide bonds. The Hall–Kier alpha value is -1.61. The summed E-state index contributed by atoms with van der Waals surface area (Å²) < 4.78 is 1.95. The van der Waals surface area contributed by atoms with E-state index in [1.165, 1.54) is 16.7 Å². The molecule has 0 aliphatic rings. The van der Waals surface area contributed by atoms with Gasteiger partial charge in [-0.25, -0.2) is 0 Å². The van der Waals surface area contributed by atoms with E-state index >= 15 is 0 Å². The predicted molar refractivity (Wildman–Crippen MR) is 66.1 cm³/mol. The molecule has 0 bridgehead atoms. The molecule has 84 valence electrons. The fraction of sp³-hybridized carbons (Fsp3) is 0.308. The van der Waals surface area contributed by atoms with Gasteiger partial charge >= 0.3 is 0 Å². The third-order valence-electron chi connectivity index (χ3n) is 2.68. The highest BCUT2D eigenvalue weighted by Crippen LogP contribution is 2.22. The Morgan fingerprint density at radius 3 is 2.88 bits per heavy atom. The third kappa shape index (κ3) is 2.31. The van der Waals surface area contributed by atoms with E-state index in [0.29, 0.717) is 6.54 Å². The first-order valence-corrected chi connectivity index (χ1v) is 5.60. The van der Waals surface area contributed by atoms with Gasteiger partial charge in [0, 0.05) is 18.3 Å². The van der Waals surface area contributed by atoms with Crippen molar-refractivity contribution in [3.05, 3.63) is 42.2 Å². The minimum absolute atomic E-state index is 0.708. The Balaban J connectivity index is 2.22. The van der Waals surface area contributed by atoms with Crippen LogP contribution in [0.3, 0.4) is 0 Å². The van der Waals surface area contributed by atoms with Gasteiger partial charge in [0.15, 0.2) is 0 Å². The summed E-state index contributed by atoms with van der Waals surface area (Å²) in [5, 5.41) is 4.33. The fourth-order valence-electron chi connectivity index (χ4n) is 1.78. The Kier molecular flexibility index (Phi) is 3.37. The Morgan fingerprint density at radius 1 is 1.31 bits per heavy atom. The number of rotatable bonds is 4. The van der Waals surface area contributed by atoms with Crippen LogP contribution in [0, 0.1) is 6.92 Å². The number of nitrogens with zero attached hydrogens (tertiary/aromatic N) is 2. The van der Waals surface area contributed by atoms with Gasteiger partial charge < -0.3 is 5.73 Å². The van der Waals surface area contributed by atoms with E-state index in [9.17, 15) is 0 Å². The lowest BCUT2D eigenvalue weighted by Gasteiger charge is -2.01. The molecule has 0 radical (unpaired) electrons. The summed E-state index contributed by atoms with van der Waals surface area (Å²) in [7, 11) is 0. The fourth-order valence-corrected chi connectivity index (χ4v) is 1.78. The van der Waals surface area contributed by atoms with Gasteiger partial charge in [0.1, 0.15) is 0 Å². The largest absolute Gasteiger partial charge is 0.330 e. The zero-order valence-corrected chi connectivity index (χ0v) is 9.56. The lowest BCUT2D eigenvalue weighted by molar-refractivity contribution is 0.585. The van der Waals surface area contributed by atoms with Crippen molar-refractivity contribution in [1.82, 2.24) is 9.78 Å². The Morgan fingerprint density at radius 2 is 2.12 bits per heavy atom. The Bertz CT molecular complexity index is 460. The van der Waals surface area contributed by atoms with Gasteiger partial charge in [-0.3, -0.25) is 4.68 Å². The van der Waals surface area contributed by atoms with Crippen LogP contribution in [0.4, 0.5) is 0 Å². The quantitative estimate of drug-likeness (QED) is 0.849. The van der Waals surface area contributed by atoms with Gasteiger partial charge in [0.2, 0.25) is 0 Å². The third-order valence-corrected chi connectivity index (χ3v) is 2.68. The zero-order valence-electron chi connectivity index (χ0n) is 9.56. The highest BCUT2D eigenvalue weighted by molar-refractivity contribution is 5.65. The monoisotopic (exact) mass is 215 g/mol. The average molecular weight is 215 g/mol. The van der Waals surface area contributed by atoms with E-state index in [4.69, 9.17) is 5.73 Å². The summed E-state index contributed by atoms with van der Waals surface area (Å²) >= 11 is 0. The number of hydrogen-bond acceptors (Lipinski definition) is 2. The first-order chi connectivity index (χ1) is 7.81. The molecule has 16 heavy (non-hydrogen) atoms. The molecule has 0 atom stereocenters. The maximum Gasteiger partial charge on any atom is 0.0568 e. The molecule has 2 N–H and O–H groups in total. The molecule has 0 fully saturated rings. The van der Waals surface area contributed by atoms with Crippen LogP contribution >= 0.6 is 0 Å². The normalized spacial score (nSPS) is 10.6. The van der Waals surface area contributed by atoms with E-state index < -0.39 is 0 Å². The molecule has 2 rings (SSSR count). The van der Waals surface area contributed by atoms with Crippen molar-refractivity contribution in [3.63, 3.8) is 0 Å². The molecular weight excluding hydrogens is 198 g/mol. The summed E-state index contributed by atoms with van der Waals surface area (Å²) in [6.45, 7) is 3.72. The lowest BCUT2D eigenvalue weighted by atomic mass is 10.0. The molecule has 3 heteroatoms. The number of aryl methyl sites for hydroxylation is 2. The lowest BCUT2D eigenvalue weighted by Crippen LogP contribution is -2.05. The highest BCUT2D eigenvalue weighted by atomic mass is 15.3. The van der Waals surface area contributed by atoms with Crippen molar-refractivity contribution in [2.45, 2.75) is 19.9 Å². The predicted octanol–water partition coefficient (Wildman–Crippen LogP) is 2.21. The van der Waals surface area contributed by atoms with E-state index in [1.807, 2.05) is 10.9 Å². The number of benzene rings is 1. The second-order valence-electron chi connectivity index (χ2n) is 3.95. The minimum atomic E-state index is 0.708. The SMILES string of the molecule is Cc1ccccc1-c1cnn(CCCN)c1. The van der Waals surface area contributed by atoms with Crippen molar-refractivity contribution in [2.75, 3.05) is 6.54 Å². The standard InChI is InChI=1S/C13H17N3/c1-11-5-2-3-6-13(11)12-9-15-16(10-12)8-4-7-14/h2-3,5-6,9-10H,4,7-8,14H2,1H3. The van der Waals surface area contributed by atoms with Crippen molar-refractivity contribution in [2.24, 2.45) is 5.73 Å². The van der Waals surface area contributed by atoms with Crippen LogP contribution in [-0.2, 0) is 6.54 Å². The van der Waals surface area contributed by atoms with Crippen molar-refractivity contribution >= 4 is 0 Å². The maximum atomic E-state index is 5.48. The molecule has 1 aromatic carbocycles. The van der Waals surface area contributed by atoms with Crippen LogP contribution in [0.5, 0.6) is 0 Å². The first kappa shape index (κ1) is 10.9. The molecule has 0 spiro atoms. The van der Waals surface area contributed by atoms with Gasteiger partial charge in [0.05, 0.1) is 6.20 Å². The van der Waals surface area contributed by atoms with Crippen LogP contribution in [-0.4, -0.2) is 16.3 Å². The summed E-state index contributed by atoms with van der Waals surface area (Å²) in [6, 6.07) is 8.35. The van der Waals surface area contributed by atoms with Gasteiger partial charge in [0.25, 0.3) is 0 Å². The van der Waals surface area contributed by atoms with E-state index in [-0.39, 0.29) is 0 Å². The van der Waals surface area contributed by atoms with Gasteiger partial charge in [-0.05, 0) is 31.0 Å². The van der Waals surface area contributed by atoms with Crippen LogP contribution in [0.2, 0.25) is 0 Å². The zero-order chi connectivity index (χ0) is 11.4. The summed E-state index contributed by atoms with van der Waals surface area (Å²) in [6.07, 6.45) is 4.96. The second-order valence-corrected chi connectivity index (χ2v) is 3.95. The number of hydrogen-bond donors (Lipinski definition) is 1. The van der Waals surface area contributed by atoms with Gasteiger partial charge in [-0.1, -0.05) is 24.3 Å². The second kappa shape index (κ2) is 4.94. The molecule has 0 aliphatic heterocycles. The smallest absolute Gasteiger partial charge is 0.0568 e. The molecule has 2 aromatic rings. The molecule has 0 unspecified atom stereocenters. The van der Waals surface area contributed by atoms with Crippen LogP contribution < -0.4 is 5.73 Å².